The zero-order valence-electron chi connectivity index (χ0n) is 19.7. The number of carbonyl (C=O) groups excluding carboxylic acids is 2. The van der Waals surface area contributed by atoms with E-state index in [0.717, 1.165) is 22.7 Å². The van der Waals surface area contributed by atoms with Crippen molar-refractivity contribution in [3.8, 4) is 5.75 Å². The van der Waals surface area contributed by atoms with E-state index in [2.05, 4.69) is 5.32 Å². The van der Waals surface area contributed by atoms with Crippen LogP contribution in [0.25, 0.3) is 0 Å². The Labute approximate surface area is 204 Å². The molecule has 2 amide bonds. The Morgan fingerprint density at radius 2 is 1.74 bits per heavy atom. The molecule has 11 heteroatoms. The number of hydrogen-bond acceptors (Lipinski definition) is 5. The summed E-state index contributed by atoms with van der Waals surface area (Å²) in [5, 5.41) is 2.49. The van der Waals surface area contributed by atoms with Gasteiger partial charge in [-0.05, 0) is 56.7 Å². The fourth-order valence-electron chi connectivity index (χ4n) is 3.17. The summed E-state index contributed by atoms with van der Waals surface area (Å²) in [5.41, 5.74) is 0.750. The minimum absolute atomic E-state index is 0.0333. The van der Waals surface area contributed by atoms with Crippen molar-refractivity contribution in [1.29, 1.82) is 0 Å². The first-order valence-corrected chi connectivity index (χ1v) is 12.7. The average molecular weight is 514 g/mol. The highest BCUT2D eigenvalue weighted by Crippen LogP contribution is 2.25. The SMILES string of the molecule is COc1ccc(CN(C(=O)CN(c2ccc(F)c(Cl)c2)S(C)(=O)=O)C(C)C(=O)NC(C)C)cc1. The molecule has 0 aliphatic heterocycles. The second kappa shape index (κ2) is 11.5. The lowest BCUT2D eigenvalue weighted by Gasteiger charge is -2.32. The van der Waals surface area contributed by atoms with E-state index in [-0.39, 0.29) is 29.2 Å². The molecule has 0 saturated carbocycles. The molecule has 2 rings (SSSR count). The fourth-order valence-corrected chi connectivity index (χ4v) is 4.19. The Bertz CT molecular complexity index is 1130. The van der Waals surface area contributed by atoms with Crippen LogP contribution in [-0.4, -0.2) is 57.1 Å². The van der Waals surface area contributed by atoms with Gasteiger partial charge < -0.3 is 15.0 Å². The molecule has 0 heterocycles. The van der Waals surface area contributed by atoms with E-state index < -0.39 is 34.3 Å². The van der Waals surface area contributed by atoms with E-state index in [1.807, 2.05) is 0 Å². The van der Waals surface area contributed by atoms with Crippen LogP contribution >= 0.6 is 11.6 Å². The molecule has 2 aromatic rings. The number of hydrogen-bond donors (Lipinski definition) is 1. The lowest BCUT2D eigenvalue weighted by molar-refractivity contribution is -0.139. The number of nitrogens with zero attached hydrogens (tertiary/aromatic N) is 2. The second-order valence-corrected chi connectivity index (χ2v) is 10.4. The minimum Gasteiger partial charge on any atom is -0.497 e. The Hall–Kier alpha value is -2.85. The van der Waals surface area contributed by atoms with Crippen molar-refractivity contribution in [1.82, 2.24) is 10.2 Å². The van der Waals surface area contributed by atoms with Gasteiger partial charge in [0.1, 0.15) is 24.2 Å². The molecule has 34 heavy (non-hydrogen) atoms. The highest BCUT2D eigenvalue weighted by atomic mass is 35.5. The predicted octanol–water partition coefficient (Wildman–Crippen LogP) is 3.20. The van der Waals surface area contributed by atoms with Gasteiger partial charge in [-0.1, -0.05) is 23.7 Å². The first kappa shape index (κ1) is 27.4. The number of sulfonamides is 1. The summed E-state index contributed by atoms with van der Waals surface area (Å²) in [5.74, 6) is -1.09. The number of nitrogens with one attached hydrogen (secondary N) is 1. The van der Waals surface area contributed by atoms with Crippen molar-refractivity contribution >= 4 is 39.1 Å². The van der Waals surface area contributed by atoms with Gasteiger partial charge in [-0.2, -0.15) is 0 Å². The van der Waals surface area contributed by atoms with Crippen molar-refractivity contribution in [2.45, 2.75) is 39.4 Å². The first-order valence-electron chi connectivity index (χ1n) is 10.5. The van der Waals surface area contributed by atoms with Crippen LogP contribution in [0.5, 0.6) is 5.75 Å². The molecule has 186 valence electrons. The standard InChI is InChI=1S/C23H29ClFN3O5S/c1-15(2)26-23(30)16(3)27(13-17-6-9-19(33-4)10-7-17)22(29)14-28(34(5,31)32)18-8-11-21(25)20(24)12-18/h6-12,15-16H,13-14H2,1-5H3,(H,26,30). The number of ether oxygens (including phenoxy) is 1. The Morgan fingerprint density at radius 3 is 2.24 bits per heavy atom. The Kier molecular flexibility index (Phi) is 9.29. The molecule has 1 N–H and O–H groups in total. The average Bonchev–Trinajstić information content (AvgIpc) is 2.76. The largest absolute Gasteiger partial charge is 0.497 e. The van der Waals surface area contributed by atoms with Crippen LogP contribution in [0.2, 0.25) is 5.02 Å². The second-order valence-electron chi connectivity index (χ2n) is 8.08. The van der Waals surface area contributed by atoms with Gasteiger partial charge in [-0.3, -0.25) is 13.9 Å². The van der Waals surface area contributed by atoms with Crippen LogP contribution in [0.1, 0.15) is 26.3 Å². The van der Waals surface area contributed by atoms with Crippen LogP contribution in [-0.2, 0) is 26.2 Å². The monoisotopic (exact) mass is 513 g/mol. The minimum atomic E-state index is -3.94. The van der Waals surface area contributed by atoms with Crippen molar-refractivity contribution in [3.05, 3.63) is 58.9 Å². The van der Waals surface area contributed by atoms with Gasteiger partial charge >= 0.3 is 0 Å². The molecular formula is C23H29ClFN3O5S. The van der Waals surface area contributed by atoms with Gasteiger partial charge in [0.25, 0.3) is 0 Å². The zero-order chi connectivity index (χ0) is 25.6. The molecule has 0 aliphatic carbocycles. The zero-order valence-corrected chi connectivity index (χ0v) is 21.3. The summed E-state index contributed by atoms with van der Waals surface area (Å²) in [4.78, 5) is 27.4. The van der Waals surface area contributed by atoms with E-state index in [0.29, 0.717) is 11.3 Å². The summed E-state index contributed by atoms with van der Waals surface area (Å²) in [7, 11) is -2.40. The maximum atomic E-state index is 13.6. The molecule has 1 atom stereocenters. The number of amides is 2. The lowest BCUT2D eigenvalue weighted by atomic mass is 10.1. The molecule has 0 saturated heterocycles. The summed E-state index contributed by atoms with van der Waals surface area (Å²) in [6, 6.07) is 9.28. The molecule has 2 aromatic carbocycles. The number of carbonyl (C=O) groups is 2. The number of methoxy groups -OCH3 is 1. The number of benzene rings is 2. The lowest BCUT2D eigenvalue weighted by Crippen LogP contribution is -2.52. The van der Waals surface area contributed by atoms with Crippen LogP contribution in [0.15, 0.2) is 42.5 Å². The van der Waals surface area contributed by atoms with Gasteiger partial charge in [0.05, 0.1) is 24.1 Å². The van der Waals surface area contributed by atoms with Gasteiger partial charge in [0.2, 0.25) is 21.8 Å². The third kappa shape index (κ3) is 7.33. The molecule has 0 radical (unpaired) electrons. The van der Waals surface area contributed by atoms with Crippen molar-refractivity contribution in [3.63, 3.8) is 0 Å². The third-order valence-corrected chi connectivity index (χ3v) is 6.41. The van der Waals surface area contributed by atoms with Crippen LogP contribution < -0.4 is 14.4 Å². The predicted molar refractivity (Wildman–Crippen MR) is 130 cm³/mol. The molecule has 1 unspecified atom stereocenters. The van der Waals surface area contributed by atoms with Crippen molar-refractivity contribution < 1.29 is 27.1 Å². The summed E-state index contributed by atoms with van der Waals surface area (Å²) >= 11 is 5.82. The van der Waals surface area contributed by atoms with Crippen molar-refractivity contribution in [2.24, 2.45) is 0 Å². The van der Waals surface area contributed by atoms with E-state index in [1.165, 1.54) is 18.1 Å². The first-order chi connectivity index (χ1) is 15.8. The van der Waals surface area contributed by atoms with Crippen LogP contribution in [0, 0.1) is 5.82 Å². The van der Waals surface area contributed by atoms with Crippen molar-refractivity contribution in [2.75, 3.05) is 24.2 Å². The fraction of sp³-hybridized carbons (Fsp3) is 0.391. The molecule has 0 aromatic heterocycles. The van der Waals surface area contributed by atoms with E-state index in [1.54, 1.807) is 45.0 Å². The topological polar surface area (TPSA) is 96.0 Å². The highest BCUT2D eigenvalue weighted by Gasteiger charge is 2.30. The summed E-state index contributed by atoms with van der Waals surface area (Å²) in [6.45, 7) is 4.61. The maximum absolute atomic E-state index is 13.6. The molecule has 0 aliphatic rings. The summed E-state index contributed by atoms with van der Waals surface area (Å²) in [6.07, 6.45) is 0.931. The van der Waals surface area contributed by atoms with Gasteiger partial charge in [0.15, 0.2) is 0 Å². The molecule has 0 fully saturated rings. The number of rotatable bonds is 10. The van der Waals surface area contributed by atoms with Gasteiger partial charge in [0, 0.05) is 12.6 Å². The van der Waals surface area contributed by atoms with E-state index in [9.17, 15) is 22.4 Å². The smallest absolute Gasteiger partial charge is 0.244 e. The quantitative estimate of drug-likeness (QED) is 0.526. The van der Waals surface area contributed by atoms with Crippen LogP contribution in [0.3, 0.4) is 0 Å². The normalized spacial score (nSPS) is 12.2. The molecule has 0 bridgehead atoms. The molecule has 0 spiro atoms. The highest BCUT2D eigenvalue weighted by molar-refractivity contribution is 7.92. The molecular weight excluding hydrogens is 485 g/mol. The Balaban J connectivity index is 2.40. The third-order valence-electron chi connectivity index (χ3n) is 4.98. The number of anilines is 1. The Morgan fingerprint density at radius 1 is 1.12 bits per heavy atom. The molecule has 8 nitrogen and oxygen atoms in total. The van der Waals surface area contributed by atoms with Gasteiger partial charge in [-0.15, -0.1) is 0 Å². The maximum Gasteiger partial charge on any atom is 0.244 e. The van der Waals surface area contributed by atoms with Crippen LogP contribution in [0.4, 0.5) is 10.1 Å². The summed E-state index contributed by atoms with van der Waals surface area (Å²) < 4.78 is 44.6. The number of halogens is 2. The van der Waals surface area contributed by atoms with E-state index >= 15 is 0 Å². The van der Waals surface area contributed by atoms with E-state index in [4.69, 9.17) is 16.3 Å². The van der Waals surface area contributed by atoms with Gasteiger partial charge in [-0.25, -0.2) is 12.8 Å².